The summed E-state index contributed by atoms with van der Waals surface area (Å²) in [5.41, 5.74) is 4.42. The molecule has 0 aliphatic heterocycles. The number of sulfonamides is 1. The Morgan fingerprint density at radius 1 is 1.03 bits per heavy atom. The summed E-state index contributed by atoms with van der Waals surface area (Å²) < 4.78 is 28.3. The van der Waals surface area contributed by atoms with Crippen LogP contribution in [-0.4, -0.2) is 43.9 Å². The highest BCUT2D eigenvalue weighted by molar-refractivity contribution is 7.89. The maximum Gasteiger partial charge on any atom is 0.240 e. The lowest BCUT2D eigenvalue weighted by atomic mass is 9.89. The van der Waals surface area contributed by atoms with Crippen LogP contribution in [-0.2, 0) is 10.0 Å². The van der Waals surface area contributed by atoms with Crippen molar-refractivity contribution in [1.29, 1.82) is 0 Å². The van der Waals surface area contributed by atoms with Gasteiger partial charge in [0.15, 0.2) is 0 Å². The van der Waals surface area contributed by atoms with Crippen LogP contribution in [0.1, 0.15) is 49.5 Å². The molecule has 0 bridgehead atoms. The Hall–Kier alpha value is -1.77. The Bertz CT molecular complexity index is 994. The summed E-state index contributed by atoms with van der Waals surface area (Å²) in [5, 5.41) is 23.7. The van der Waals surface area contributed by atoms with E-state index >= 15 is 0 Å². The van der Waals surface area contributed by atoms with Gasteiger partial charge in [0, 0.05) is 19.1 Å². The first kappa shape index (κ1) is 23.9. The van der Waals surface area contributed by atoms with Crippen molar-refractivity contribution in [3.63, 3.8) is 0 Å². The summed E-state index contributed by atoms with van der Waals surface area (Å²) in [4.78, 5) is 0.188. The fourth-order valence-electron chi connectivity index (χ4n) is 3.88. The van der Waals surface area contributed by atoms with E-state index in [1.807, 2.05) is 39.8 Å². The van der Waals surface area contributed by atoms with E-state index in [1.165, 1.54) is 0 Å². The van der Waals surface area contributed by atoms with Crippen molar-refractivity contribution in [2.24, 2.45) is 5.92 Å². The Labute approximate surface area is 185 Å². The average molecular weight is 447 g/mol. The summed E-state index contributed by atoms with van der Waals surface area (Å²) in [5.74, 6) is 0.200. The molecule has 2 aromatic rings. The SMILES string of the molecule is Cc1cc(C)cc(-c2cc(S(=O)(=O)NCC(C)C)ccc2C(O)CNC2CC(O)C2)c1. The molecule has 1 saturated carbocycles. The Kier molecular flexibility index (Phi) is 7.55. The maximum absolute atomic E-state index is 12.8. The molecule has 0 spiro atoms. The van der Waals surface area contributed by atoms with E-state index in [0.717, 1.165) is 16.7 Å². The molecule has 1 aliphatic carbocycles. The molecule has 6 nitrogen and oxygen atoms in total. The molecule has 1 aliphatic rings. The van der Waals surface area contributed by atoms with Crippen LogP contribution < -0.4 is 10.0 Å². The Morgan fingerprint density at radius 2 is 1.68 bits per heavy atom. The molecule has 1 atom stereocenters. The van der Waals surface area contributed by atoms with Crippen molar-refractivity contribution >= 4 is 10.0 Å². The molecule has 7 heteroatoms. The van der Waals surface area contributed by atoms with E-state index in [1.54, 1.807) is 18.2 Å². The van der Waals surface area contributed by atoms with Crippen molar-refractivity contribution in [3.8, 4) is 11.1 Å². The number of hydrogen-bond acceptors (Lipinski definition) is 5. The normalized spacial score (nSPS) is 20.0. The first-order valence-electron chi connectivity index (χ1n) is 10.9. The third-order valence-corrected chi connectivity index (χ3v) is 7.04. The second-order valence-corrected chi connectivity index (χ2v) is 10.9. The van der Waals surface area contributed by atoms with Crippen LogP contribution in [0.15, 0.2) is 41.3 Å². The lowest BCUT2D eigenvalue weighted by molar-refractivity contribution is 0.0551. The topological polar surface area (TPSA) is 98.7 Å². The highest BCUT2D eigenvalue weighted by Crippen LogP contribution is 2.32. The Balaban J connectivity index is 1.95. The molecule has 31 heavy (non-hydrogen) atoms. The number of hydrogen-bond donors (Lipinski definition) is 4. The zero-order valence-electron chi connectivity index (χ0n) is 18.7. The lowest BCUT2D eigenvalue weighted by Crippen LogP contribution is -2.45. The van der Waals surface area contributed by atoms with Gasteiger partial charge in [-0.15, -0.1) is 0 Å². The van der Waals surface area contributed by atoms with E-state index in [4.69, 9.17) is 0 Å². The number of aryl methyl sites for hydroxylation is 2. The number of rotatable bonds is 9. The molecule has 0 aromatic heterocycles. The molecule has 1 unspecified atom stereocenters. The van der Waals surface area contributed by atoms with E-state index < -0.39 is 16.1 Å². The van der Waals surface area contributed by atoms with Crippen molar-refractivity contribution in [2.75, 3.05) is 13.1 Å². The molecular formula is C24H34N2O4S. The number of aliphatic hydroxyl groups excluding tert-OH is 2. The summed E-state index contributed by atoms with van der Waals surface area (Å²) in [6.07, 6.45) is 0.322. The first-order chi connectivity index (χ1) is 14.5. The van der Waals surface area contributed by atoms with E-state index in [9.17, 15) is 18.6 Å². The van der Waals surface area contributed by atoms with Crippen LogP contribution in [0.5, 0.6) is 0 Å². The second kappa shape index (κ2) is 9.79. The van der Waals surface area contributed by atoms with E-state index in [0.29, 0.717) is 37.1 Å². The van der Waals surface area contributed by atoms with Gasteiger partial charge in [-0.25, -0.2) is 13.1 Å². The van der Waals surface area contributed by atoms with Gasteiger partial charge in [-0.1, -0.05) is 49.2 Å². The molecule has 1 fully saturated rings. The van der Waals surface area contributed by atoms with Crippen LogP contribution in [0, 0.1) is 19.8 Å². The predicted octanol–water partition coefficient (Wildman–Crippen LogP) is 3.05. The monoisotopic (exact) mass is 446 g/mol. The van der Waals surface area contributed by atoms with Crippen molar-refractivity contribution in [2.45, 2.75) is 63.7 Å². The third kappa shape index (κ3) is 6.14. The van der Waals surface area contributed by atoms with Gasteiger partial charge in [0.2, 0.25) is 10.0 Å². The minimum absolute atomic E-state index is 0.188. The molecule has 3 rings (SSSR count). The van der Waals surface area contributed by atoms with Crippen molar-refractivity contribution < 1.29 is 18.6 Å². The third-order valence-electron chi connectivity index (χ3n) is 5.62. The molecule has 0 amide bonds. The largest absolute Gasteiger partial charge is 0.393 e. The predicted molar refractivity (Wildman–Crippen MR) is 123 cm³/mol. The number of aliphatic hydroxyl groups is 2. The van der Waals surface area contributed by atoms with Crippen molar-refractivity contribution in [3.05, 3.63) is 53.1 Å². The summed E-state index contributed by atoms with van der Waals surface area (Å²) in [6.45, 7) is 8.62. The highest BCUT2D eigenvalue weighted by atomic mass is 32.2. The van der Waals surface area contributed by atoms with Gasteiger partial charge in [-0.3, -0.25) is 0 Å². The zero-order chi connectivity index (χ0) is 22.8. The van der Waals surface area contributed by atoms with Crippen LogP contribution in [0.3, 0.4) is 0 Å². The van der Waals surface area contributed by atoms with Crippen LogP contribution in [0.25, 0.3) is 11.1 Å². The number of nitrogens with one attached hydrogen (secondary N) is 2. The minimum Gasteiger partial charge on any atom is -0.393 e. The fourth-order valence-corrected chi connectivity index (χ4v) is 5.12. The Morgan fingerprint density at radius 3 is 2.26 bits per heavy atom. The van der Waals surface area contributed by atoms with Crippen molar-refractivity contribution in [1.82, 2.24) is 10.0 Å². The fraction of sp³-hybridized carbons (Fsp3) is 0.500. The second-order valence-electron chi connectivity index (χ2n) is 9.12. The van der Waals surface area contributed by atoms with Gasteiger partial charge in [0.05, 0.1) is 17.1 Å². The quantitative estimate of drug-likeness (QED) is 0.475. The molecule has 4 N–H and O–H groups in total. The molecule has 0 radical (unpaired) electrons. The first-order valence-corrected chi connectivity index (χ1v) is 12.3. The molecule has 2 aromatic carbocycles. The average Bonchev–Trinajstić information content (AvgIpc) is 2.67. The molecule has 0 saturated heterocycles. The summed E-state index contributed by atoms with van der Waals surface area (Å²) >= 11 is 0. The lowest BCUT2D eigenvalue weighted by Gasteiger charge is -2.33. The zero-order valence-corrected chi connectivity index (χ0v) is 19.5. The van der Waals surface area contributed by atoms with Gasteiger partial charge < -0.3 is 15.5 Å². The summed E-state index contributed by atoms with van der Waals surface area (Å²) in [7, 11) is -3.65. The smallest absolute Gasteiger partial charge is 0.240 e. The summed E-state index contributed by atoms with van der Waals surface area (Å²) in [6, 6.07) is 11.2. The maximum atomic E-state index is 12.8. The van der Waals surface area contributed by atoms with E-state index in [2.05, 4.69) is 16.1 Å². The highest BCUT2D eigenvalue weighted by Gasteiger charge is 2.28. The van der Waals surface area contributed by atoms with Gasteiger partial charge in [0.25, 0.3) is 0 Å². The number of benzene rings is 2. The standard InChI is InChI=1S/C24H34N2O4S/c1-15(2)13-26-31(29,30)21-5-6-22(24(28)14-25-19-10-20(27)11-19)23(12-21)18-8-16(3)7-17(4)9-18/h5-9,12,15,19-20,24-28H,10-11,13-14H2,1-4H3. The minimum atomic E-state index is -3.65. The van der Waals surface area contributed by atoms with Crippen LogP contribution in [0.4, 0.5) is 0 Å². The van der Waals surface area contributed by atoms with Gasteiger partial charge in [-0.05, 0) is 61.4 Å². The van der Waals surface area contributed by atoms with Crippen LogP contribution in [0.2, 0.25) is 0 Å². The van der Waals surface area contributed by atoms with Gasteiger partial charge in [-0.2, -0.15) is 0 Å². The molecule has 0 heterocycles. The van der Waals surface area contributed by atoms with E-state index in [-0.39, 0.29) is 23.0 Å². The van der Waals surface area contributed by atoms with Crippen LogP contribution >= 0.6 is 0 Å². The molecular weight excluding hydrogens is 412 g/mol. The van der Waals surface area contributed by atoms with Gasteiger partial charge in [0.1, 0.15) is 0 Å². The van der Waals surface area contributed by atoms with Gasteiger partial charge >= 0.3 is 0 Å². The molecule has 170 valence electrons.